The van der Waals surface area contributed by atoms with Crippen molar-refractivity contribution in [3.63, 3.8) is 0 Å². The third kappa shape index (κ3) is 5.26. The van der Waals surface area contributed by atoms with Gasteiger partial charge in [-0.15, -0.1) is 0 Å². The maximum Gasteiger partial charge on any atom is 0.416 e. The SMILES string of the molecule is O=C(c1cc(C(F)(F)F)cc(NS(=O)(=O)N2CC[C@@H](F)C2)c1F)c1c[nH]c2ncc(-c3cnc(C4CC4)nc3)cc12. The Morgan fingerprint density at radius 1 is 1.00 bits per heavy atom. The molecule has 1 aliphatic heterocycles. The highest BCUT2D eigenvalue weighted by molar-refractivity contribution is 7.90. The molecule has 1 saturated heterocycles. The average Bonchev–Trinajstić information content (AvgIpc) is 3.54. The number of aromatic amines is 1. The number of ketones is 1. The Morgan fingerprint density at radius 3 is 2.34 bits per heavy atom. The molecule has 2 N–H and O–H groups in total. The van der Waals surface area contributed by atoms with Crippen LogP contribution in [0.1, 0.15) is 52.5 Å². The average molecular weight is 593 g/mol. The van der Waals surface area contributed by atoms with Crippen LogP contribution in [0.4, 0.5) is 27.6 Å². The second-order valence-electron chi connectivity index (χ2n) is 9.99. The quantitative estimate of drug-likeness (QED) is 0.231. The number of hydrogen-bond acceptors (Lipinski definition) is 6. The Hall–Kier alpha value is -3.98. The minimum absolute atomic E-state index is 0.108. The van der Waals surface area contributed by atoms with Gasteiger partial charge in [-0.2, -0.15) is 25.9 Å². The molecule has 41 heavy (non-hydrogen) atoms. The van der Waals surface area contributed by atoms with Crippen LogP contribution in [0.5, 0.6) is 0 Å². The predicted molar refractivity (Wildman–Crippen MR) is 138 cm³/mol. The van der Waals surface area contributed by atoms with Gasteiger partial charge in [0.05, 0.1) is 16.8 Å². The number of benzene rings is 1. The number of nitrogens with zero attached hydrogens (tertiary/aromatic N) is 4. The number of halogens is 5. The van der Waals surface area contributed by atoms with Crippen LogP contribution in [0.2, 0.25) is 0 Å². The molecule has 0 bridgehead atoms. The smallest absolute Gasteiger partial charge is 0.345 e. The van der Waals surface area contributed by atoms with Crippen molar-refractivity contribution >= 4 is 32.7 Å². The van der Waals surface area contributed by atoms with E-state index in [9.17, 15) is 30.8 Å². The number of nitrogens with one attached hydrogen (secondary N) is 2. The maximum absolute atomic E-state index is 15.6. The van der Waals surface area contributed by atoms with Crippen molar-refractivity contribution in [1.82, 2.24) is 24.2 Å². The fraction of sp³-hybridized carbons (Fsp3) is 0.308. The first-order valence-corrected chi connectivity index (χ1v) is 14.0. The Labute approximate surface area is 230 Å². The van der Waals surface area contributed by atoms with Crippen LogP contribution in [0.25, 0.3) is 22.2 Å². The van der Waals surface area contributed by atoms with Crippen molar-refractivity contribution in [1.29, 1.82) is 0 Å². The van der Waals surface area contributed by atoms with Crippen molar-refractivity contribution in [2.24, 2.45) is 0 Å². The number of hydrogen-bond donors (Lipinski definition) is 2. The second kappa shape index (κ2) is 9.83. The van der Waals surface area contributed by atoms with Gasteiger partial charge in [-0.25, -0.2) is 23.7 Å². The van der Waals surface area contributed by atoms with E-state index < -0.39 is 57.5 Å². The zero-order valence-electron chi connectivity index (χ0n) is 21.0. The van der Waals surface area contributed by atoms with Gasteiger partial charge in [0.2, 0.25) is 0 Å². The van der Waals surface area contributed by atoms with Crippen LogP contribution in [0, 0.1) is 5.82 Å². The third-order valence-electron chi connectivity index (χ3n) is 7.04. The van der Waals surface area contributed by atoms with Crippen LogP contribution >= 0.6 is 0 Å². The van der Waals surface area contributed by atoms with E-state index in [4.69, 9.17) is 0 Å². The fourth-order valence-corrected chi connectivity index (χ4v) is 5.93. The third-order valence-corrected chi connectivity index (χ3v) is 8.53. The summed E-state index contributed by atoms with van der Waals surface area (Å²) in [4.78, 5) is 29.2. The number of rotatable bonds is 7. The van der Waals surface area contributed by atoms with Crippen molar-refractivity contribution in [2.75, 3.05) is 17.8 Å². The van der Waals surface area contributed by atoms with E-state index in [0.717, 1.165) is 18.7 Å². The van der Waals surface area contributed by atoms with Gasteiger partial charge in [-0.3, -0.25) is 9.52 Å². The lowest BCUT2D eigenvalue weighted by atomic mass is 9.98. The highest BCUT2D eigenvalue weighted by Crippen LogP contribution is 2.38. The Bertz CT molecular complexity index is 1770. The lowest BCUT2D eigenvalue weighted by Crippen LogP contribution is -2.34. The molecular formula is C26H21F5N6O3S. The predicted octanol–water partition coefficient (Wildman–Crippen LogP) is 4.99. The number of anilines is 1. The van der Waals surface area contributed by atoms with E-state index >= 15 is 4.39 Å². The largest absolute Gasteiger partial charge is 0.416 e. The lowest BCUT2D eigenvalue weighted by molar-refractivity contribution is -0.137. The molecule has 214 valence electrons. The fourth-order valence-electron chi connectivity index (χ4n) is 4.67. The monoisotopic (exact) mass is 592 g/mol. The molecule has 0 spiro atoms. The van der Waals surface area contributed by atoms with Crippen LogP contribution in [0.15, 0.2) is 43.0 Å². The van der Waals surface area contributed by atoms with Gasteiger partial charge >= 0.3 is 16.4 Å². The van der Waals surface area contributed by atoms with Gasteiger partial charge in [-0.05, 0) is 37.5 Å². The molecule has 15 heteroatoms. The van der Waals surface area contributed by atoms with E-state index in [-0.39, 0.29) is 35.6 Å². The number of aromatic nitrogens is 4. The molecule has 2 fully saturated rings. The summed E-state index contributed by atoms with van der Waals surface area (Å²) in [5.74, 6) is -1.58. The summed E-state index contributed by atoms with van der Waals surface area (Å²) in [6.07, 6.45) is 1.33. The Morgan fingerprint density at radius 2 is 1.71 bits per heavy atom. The number of carbonyl (C=O) groups excluding carboxylic acids is 1. The van der Waals surface area contributed by atoms with Crippen molar-refractivity contribution in [2.45, 2.75) is 37.5 Å². The van der Waals surface area contributed by atoms with Gasteiger partial charge in [0.25, 0.3) is 0 Å². The number of pyridine rings is 1. The normalized spacial score (nSPS) is 18.2. The molecule has 1 aromatic carbocycles. The number of carbonyl (C=O) groups is 1. The van der Waals surface area contributed by atoms with Crippen molar-refractivity contribution < 1.29 is 35.2 Å². The zero-order valence-corrected chi connectivity index (χ0v) is 21.9. The summed E-state index contributed by atoms with van der Waals surface area (Å²) in [5, 5.41) is 0.198. The molecule has 0 radical (unpaired) electrons. The van der Waals surface area contributed by atoms with E-state index in [0.29, 0.717) is 27.4 Å². The molecule has 4 heterocycles. The topological polar surface area (TPSA) is 121 Å². The van der Waals surface area contributed by atoms with Gasteiger partial charge in [0, 0.05) is 65.9 Å². The van der Waals surface area contributed by atoms with E-state index in [1.54, 1.807) is 23.2 Å². The van der Waals surface area contributed by atoms with E-state index in [1.807, 2.05) is 0 Å². The zero-order chi connectivity index (χ0) is 29.1. The number of H-pyrrole nitrogens is 1. The molecule has 1 aliphatic carbocycles. The molecule has 1 saturated carbocycles. The van der Waals surface area contributed by atoms with Gasteiger partial charge in [0.15, 0.2) is 11.6 Å². The molecule has 0 unspecified atom stereocenters. The first-order chi connectivity index (χ1) is 19.4. The number of alkyl halides is 4. The first kappa shape index (κ1) is 27.2. The minimum Gasteiger partial charge on any atom is -0.345 e. The Balaban J connectivity index is 1.39. The summed E-state index contributed by atoms with van der Waals surface area (Å²) in [5.41, 5.74) is -2.41. The first-order valence-electron chi connectivity index (χ1n) is 12.6. The number of fused-ring (bicyclic) bond motifs is 1. The summed E-state index contributed by atoms with van der Waals surface area (Å²) >= 11 is 0. The van der Waals surface area contributed by atoms with Gasteiger partial charge in [-0.1, -0.05) is 0 Å². The highest BCUT2D eigenvalue weighted by atomic mass is 32.2. The standard InChI is InChI=1S/C26H21F5N6O3S/c27-17-3-4-37(12-17)41(39,40)36-21-7-16(26(29,30)31)6-19(22(21)28)23(38)20-11-35-25-18(20)5-14(8-34-25)15-9-32-24(33-10-15)13-1-2-13/h5-11,13,17,36H,1-4,12H2,(H,34,35)/t17-/m1/s1. The van der Waals surface area contributed by atoms with Crippen LogP contribution in [0.3, 0.4) is 0 Å². The molecule has 3 aromatic heterocycles. The van der Waals surface area contributed by atoms with Crippen molar-refractivity contribution in [3.8, 4) is 11.1 Å². The molecule has 6 rings (SSSR count). The summed E-state index contributed by atoms with van der Waals surface area (Å²) in [6.45, 7) is -0.761. The molecule has 4 aromatic rings. The van der Waals surface area contributed by atoms with Crippen LogP contribution in [-0.2, 0) is 16.4 Å². The summed E-state index contributed by atoms with van der Waals surface area (Å²) < 4.78 is 98.1. The van der Waals surface area contributed by atoms with Gasteiger partial charge in [0.1, 0.15) is 17.6 Å². The second-order valence-corrected chi connectivity index (χ2v) is 11.7. The van der Waals surface area contributed by atoms with E-state index in [1.165, 1.54) is 12.4 Å². The molecule has 2 aliphatic rings. The summed E-state index contributed by atoms with van der Waals surface area (Å²) in [7, 11) is -4.61. The van der Waals surface area contributed by atoms with Crippen LogP contribution < -0.4 is 4.72 Å². The van der Waals surface area contributed by atoms with E-state index in [2.05, 4.69) is 19.9 Å². The molecule has 1 atom stereocenters. The lowest BCUT2D eigenvalue weighted by Gasteiger charge is -2.19. The van der Waals surface area contributed by atoms with Gasteiger partial charge < -0.3 is 4.98 Å². The highest BCUT2D eigenvalue weighted by Gasteiger charge is 2.36. The molecular weight excluding hydrogens is 571 g/mol. The minimum atomic E-state index is -5.04. The van der Waals surface area contributed by atoms with Crippen molar-refractivity contribution in [3.05, 3.63) is 71.3 Å². The van der Waals surface area contributed by atoms with Crippen LogP contribution in [-0.4, -0.2) is 57.7 Å². The molecule has 0 amide bonds. The molecule has 9 nitrogen and oxygen atoms in total. The Kier molecular flexibility index (Phi) is 6.53. The maximum atomic E-state index is 15.6. The summed E-state index contributed by atoms with van der Waals surface area (Å²) in [6, 6.07) is 2.13.